The third kappa shape index (κ3) is 2.12. The molecule has 3 rings (SSSR count). The quantitative estimate of drug-likeness (QED) is 0.811. The van der Waals surface area contributed by atoms with Gasteiger partial charge < -0.3 is 4.98 Å². The summed E-state index contributed by atoms with van der Waals surface area (Å²) in [6, 6.07) is 3.85. The molecule has 2 aromatic rings. The maximum Gasteiger partial charge on any atom is 0.159 e. The first-order valence-corrected chi connectivity index (χ1v) is 7.19. The summed E-state index contributed by atoms with van der Waals surface area (Å²) in [6.07, 6.45) is 6.28. The number of hydrogen-bond acceptors (Lipinski definition) is 3. The summed E-state index contributed by atoms with van der Waals surface area (Å²) in [6.45, 7) is 0. The monoisotopic (exact) mass is 321 g/mol. The van der Waals surface area contributed by atoms with E-state index in [9.17, 15) is 0 Å². The summed E-state index contributed by atoms with van der Waals surface area (Å²) in [4.78, 5) is 12.2. The highest BCUT2D eigenvalue weighted by Crippen LogP contribution is 2.26. The summed E-state index contributed by atoms with van der Waals surface area (Å²) in [5.41, 5.74) is 3.26. The Bertz CT molecular complexity index is 651. The Morgan fingerprint density at radius 3 is 2.94 bits per heavy atom. The van der Waals surface area contributed by atoms with Gasteiger partial charge in [-0.25, -0.2) is 4.98 Å². The van der Waals surface area contributed by atoms with E-state index in [-0.39, 0.29) is 0 Å². The minimum absolute atomic E-state index is 0.719. The van der Waals surface area contributed by atoms with E-state index in [1.165, 1.54) is 24.1 Å². The molecule has 2 heterocycles. The van der Waals surface area contributed by atoms with Gasteiger partial charge in [-0.15, -0.1) is 0 Å². The fraction of sp³-hybridized carbons (Fsp3) is 0.308. The normalized spacial score (nSPS) is 14.3. The van der Waals surface area contributed by atoms with Gasteiger partial charge in [0.25, 0.3) is 0 Å². The zero-order valence-corrected chi connectivity index (χ0v) is 12.1. The van der Waals surface area contributed by atoms with E-state index in [0.717, 1.165) is 33.5 Å². The first kappa shape index (κ1) is 12.0. The van der Waals surface area contributed by atoms with Crippen molar-refractivity contribution in [3.63, 3.8) is 0 Å². The molecule has 18 heavy (non-hydrogen) atoms. The Labute approximate surface area is 119 Å². The fourth-order valence-corrected chi connectivity index (χ4v) is 3.05. The van der Waals surface area contributed by atoms with Gasteiger partial charge in [0, 0.05) is 21.9 Å². The number of pyridine rings is 1. The van der Waals surface area contributed by atoms with Gasteiger partial charge in [0.15, 0.2) is 5.82 Å². The molecule has 0 radical (unpaired) electrons. The van der Waals surface area contributed by atoms with Crippen LogP contribution >= 0.6 is 28.1 Å². The smallest absolute Gasteiger partial charge is 0.159 e. The number of aromatic amines is 1. The van der Waals surface area contributed by atoms with E-state index < -0.39 is 0 Å². The summed E-state index contributed by atoms with van der Waals surface area (Å²) in [7, 11) is 0. The topological polar surface area (TPSA) is 41.6 Å². The van der Waals surface area contributed by atoms with Gasteiger partial charge in [0.2, 0.25) is 0 Å². The molecule has 1 N–H and O–H groups in total. The largest absolute Gasteiger partial charge is 0.342 e. The van der Waals surface area contributed by atoms with Crippen molar-refractivity contribution in [2.45, 2.75) is 25.7 Å². The molecule has 0 amide bonds. The van der Waals surface area contributed by atoms with Crippen LogP contribution in [0.15, 0.2) is 22.8 Å². The number of aromatic nitrogens is 3. The predicted molar refractivity (Wildman–Crippen MR) is 77.0 cm³/mol. The number of nitrogens with zero attached hydrogens (tertiary/aromatic N) is 2. The fourth-order valence-electron chi connectivity index (χ4n) is 2.29. The number of H-pyrrole nitrogens is 1. The molecule has 2 aromatic heterocycles. The van der Waals surface area contributed by atoms with E-state index in [1.807, 2.05) is 12.1 Å². The van der Waals surface area contributed by atoms with E-state index in [0.29, 0.717) is 0 Å². The Morgan fingerprint density at radius 1 is 1.28 bits per heavy atom. The molecule has 3 nitrogen and oxygen atoms in total. The van der Waals surface area contributed by atoms with Crippen LogP contribution in [-0.4, -0.2) is 15.0 Å². The summed E-state index contributed by atoms with van der Waals surface area (Å²) < 4.78 is 1.65. The first-order chi connectivity index (χ1) is 8.75. The Hall–Kier alpha value is -1.07. The molecule has 0 aromatic carbocycles. The Kier molecular flexibility index (Phi) is 3.26. The average molecular weight is 322 g/mol. The van der Waals surface area contributed by atoms with Crippen molar-refractivity contribution in [3.05, 3.63) is 38.7 Å². The lowest BCUT2D eigenvalue weighted by Gasteiger charge is -2.16. The highest BCUT2D eigenvalue weighted by atomic mass is 79.9. The highest BCUT2D eigenvalue weighted by Gasteiger charge is 2.15. The molecule has 0 aliphatic heterocycles. The lowest BCUT2D eigenvalue weighted by Crippen LogP contribution is -2.09. The van der Waals surface area contributed by atoms with Gasteiger partial charge in [0.1, 0.15) is 10.3 Å². The lowest BCUT2D eigenvalue weighted by atomic mass is 9.97. The lowest BCUT2D eigenvalue weighted by molar-refractivity contribution is 0.661. The second-order valence-electron chi connectivity index (χ2n) is 4.39. The SMILES string of the molecule is S=c1nc(-c2ncccc2Br)[nH]c2c1CCCC2. The van der Waals surface area contributed by atoms with Crippen LogP contribution in [0.3, 0.4) is 0 Å². The molecule has 0 spiro atoms. The second kappa shape index (κ2) is 4.90. The second-order valence-corrected chi connectivity index (χ2v) is 5.63. The summed E-state index contributed by atoms with van der Waals surface area (Å²) in [5, 5.41) is 0. The number of aryl methyl sites for hydroxylation is 1. The molecule has 5 heteroatoms. The molecule has 92 valence electrons. The van der Waals surface area contributed by atoms with Crippen LogP contribution in [0.25, 0.3) is 11.5 Å². The van der Waals surface area contributed by atoms with Gasteiger partial charge in [0.05, 0.1) is 0 Å². The standard InChI is InChI=1S/C13H12BrN3S/c14-9-5-3-7-15-11(9)12-16-10-6-2-1-4-8(10)13(18)17-12/h3,5,7H,1-2,4,6H2,(H,16,17,18). The van der Waals surface area contributed by atoms with Crippen molar-refractivity contribution in [1.82, 2.24) is 15.0 Å². The van der Waals surface area contributed by atoms with Crippen LogP contribution in [0.5, 0.6) is 0 Å². The minimum atomic E-state index is 0.719. The van der Waals surface area contributed by atoms with E-state index in [1.54, 1.807) is 6.20 Å². The summed E-state index contributed by atoms with van der Waals surface area (Å²) >= 11 is 8.89. The van der Waals surface area contributed by atoms with E-state index in [4.69, 9.17) is 12.2 Å². The molecular formula is C13H12BrN3S. The van der Waals surface area contributed by atoms with Crippen molar-refractivity contribution in [2.75, 3.05) is 0 Å². The van der Waals surface area contributed by atoms with Crippen LogP contribution < -0.4 is 0 Å². The van der Waals surface area contributed by atoms with Gasteiger partial charge in [-0.3, -0.25) is 4.98 Å². The van der Waals surface area contributed by atoms with Crippen LogP contribution in [-0.2, 0) is 12.8 Å². The van der Waals surface area contributed by atoms with Crippen molar-refractivity contribution in [3.8, 4) is 11.5 Å². The summed E-state index contributed by atoms with van der Waals surface area (Å²) in [5.74, 6) is 0.758. The minimum Gasteiger partial charge on any atom is -0.342 e. The molecule has 0 saturated heterocycles. The molecule has 1 aliphatic rings. The van der Waals surface area contributed by atoms with Crippen LogP contribution in [0.1, 0.15) is 24.1 Å². The Balaban J connectivity index is 2.17. The van der Waals surface area contributed by atoms with E-state index in [2.05, 4.69) is 30.9 Å². The number of hydrogen-bond donors (Lipinski definition) is 1. The number of fused-ring (bicyclic) bond motifs is 1. The molecule has 1 aliphatic carbocycles. The van der Waals surface area contributed by atoms with Crippen LogP contribution in [0.2, 0.25) is 0 Å². The van der Waals surface area contributed by atoms with Crippen LogP contribution in [0.4, 0.5) is 0 Å². The third-order valence-electron chi connectivity index (χ3n) is 3.19. The predicted octanol–water partition coefficient (Wildman–Crippen LogP) is 3.84. The van der Waals surface area contributed by atoms with Gasteiger partial charge in [-0.05, 0) is 53.7 Å². The Morgan fingerprint density at radius 2 is 2.11 bits per heavy atom. The maximum atomic E-state index is 5.40. The number of nitrogens with one attached hydrogen (secondary N) is 1. The van der Waals surface area contributed by atoms with Crippen LogP contribution in [0, 0.1) is 4.64 Å². The van der Waals surface area contributed by atoms with Gasteiger partial charge in [-0.1, -0.05) is 12.2 Å². The average Bonchev–Trinajstić information content (AvgIpc) is 2.39. The van der Waals surface area contributed by atoms with Crippen molar-refractivity contribution < 1.29 is 0 Å². The maximum absolute atomic E-state index is 5.40. The van der Waals surface area contributed by atoms with Crippen molar-refractivity contribution in [2.24, 2.45) is 0 Å². The molecule has 0 unspecified atom stereocenters. The van der Waals surface area contributed by atoms with Gasteiger partial charge >= 0.3 is 0 Å². The highest BCUT2D eigenvalue weighted by molar-refractivity contribution is 9.10. The molecule has 0 fully saturated rings. The third-order valence-corrected chi connectivity index (χ3v) is 4.17. The number of halogens is 1. The first-order valence-electron chi connectivity index (χ1n) is 5.98. The van der Waals surface area contributed by atoms with Gasteiger partial charge in [-0.2, -0.15) is 0 Å². The van der Waals surface area contributed by atoms with E-state index >= 15 is 0 Å². The number of rotatable bonds is 1. The van der Waals surface area contributed by atoms with Crippen molar-refractivity contribution in [1.29, 1.82) is 0 Å². The molecule has 0 bridgehead atoms. The van der Waals surface area contributed by atoms with Crippen molar-refractivity contribution >= 4 is 28.1 Å². The molecular weight excluding hydrogens is 310 g/mol. The molecule has 0 saturated carbocycles. The zero-order chi connectivity index (χ0) is 12.5. The zero-order valence-electron chi connectivity index (χ0n) is 9.74. The molecule has 0 atom stereocenters.